The number of aryl methyl sites for hydroxylation is 1. The smallest absolute Gasteiger partial charge is 0.258 e. The van der Waals surface area contributed by atoms with Crippen LogP contribution in [0.3, 0.4) is 0 Å². The van der Waals surface area contributed by atoms with Gasteiger partial charge in [0.05, 0.1) is 5.69 Å². The zero-order valence-corrected chi connectivity index (χ0v) is 13.7. The molecule has 6 nitrogen and oxygen atoms in total. The maximum atomic E-state index is 12.1. The summed E-state index contributed by atoms with van der Waals surface area (Å²) in [6.45, 7) is 1.99. The van der Waals surface area contributed by atoms with Gasteiger partial charge in [0.25, 0.3) is 5.56 Å². The van der Waals surface area contributed by atoms with E-state index < -0.39 is 0 Å². The summed E-state index contributed by atoms with van der Waals surface area (Å²) >= 11 is 5.82. The maximum Gasteiger partial charge on any atom is 0.258 e. The number of pyridine rings is 1. The SMILES string of the molecule is Cc1ccn2c(=O)cc(CO/N=C(\N)c3ccc(Cl)cc3)nc2c1. The molecule has 0 spiro atoms. The van der Waals surface area contributed by atoms with Crippen molar-refractivity contribution >= 4 is 23.1 Å². The van der Waals surface area contributed by atoms with Gasteiger partial charge < -0.3 is 10.6 Å². The lowest BCUT2D eigenvalue weighted by Crippen LogP contribution is -2.16. The summed E-state index contributed by atoms with van der Waals surface area (Å²) < 4.78 is 1.47. The quantitative estimate of drug-likeness (QED) is 0.448. The fraction of sp³-hybridized carbons (Fsp3) is 0.118. The highest BCUT2D eigenvalue weighted by atomic mass is 35.5. The van der Waals surface area contributed by atoms with Crippen LogP contribution in [-0.2, 0) is 11.4 Å². The molecule has 122 valence electrons. The van der Waals surface area contributed by atoms with Crippen LogP contribution in [-0.4, -0.2) is 15.2 Å². The summed E-state index contributed by atoms with van der Waals surface area (Å²) in [5, 5.41) is 4.46. The van der Waals surface area contributed by atoms with Crippen molar-refractivity contribution in [1.29, 1.82) is 0 Å². The standard InChI is InChI=1S/C17H15ClN4O2/c1-11-6-7-22-15(8-11)20-14(9-16(22)23)10-24-21-17(19)12-2-4-13(18)5-3-12/h2-9H,10H2,1H3,(H2,19,21). The van der Waals surface area contributed by atoms with Crippen LogP contribution in [0.2, 0.25) is 5.02 Å². The van der Waals surface area contributed by atoms with E-state index in [2.05, 4.69) is 10.1 Å². The monoisotopic (exact) mass is 342 g/mol. The molecular formula is C17H15ClN4O2. The summed E-state index contributed by atoms with van der Waals surface area (Å²) in [7, 11) is 0. The van der Waals surface area contributed by atoms with Crippen LogP contribution in [0, 0.1) is 6.92 Å². The number of nitrogens with zero attached hydrogens (tertiary/aromatic N) is 3. The normalized spacial score (nSPS) is 11.7. The molecule has 2 heterocycles. The number of halogens is 1. The number of hydrogen-bond acceptors (Lipinski definition) is 4. The van der Waals surface area contributed by atoms with E-state index in [1.165, 1.54) is 10.5 Å². The average molecular weight is 343 g/mol. The second kappa shape index (κ2) is 6.72. The van der Waals surface area contributed by atoms with Crippen LogP contribution in [0.4, 0.5) is 0 Å². The van der Waals surface area contributed by atoms with Crippen LogP contribution in [0.15, 0.2) is 58.6 Å². The molecule has 0 saturated carbocycles. The van der Waals surface area contributed by atoms with Crippen molar-refractivity contribution in [1.82, 2.24) is 9.38 Å². The first-order valence-corrected chi connectivity index (χ1v) is 7.61. The summed E-state index contributed by atoms with van der Waals surface area (Å²) in [6, 6.07) is 12.0. The molecule has 2 aromatic heterocycles. The Morgan fingerprint density at radius 2 is 2.04 bits per heavy atom. The van der Waals surface area contributed by atoms with E-state index in [1.54, 1.807) is 30.5 Å². The van der Waals surface area contributed by atoms with Gasteiger partial charge in [0.2, 0.25) is 0 Å². The zero-order chi connectivity index (χ0) is 17.1. The second-order valence-electron chi connectivity index (χ2n) is 5.27. The van der Waals surface area contributed by atoms with Crippen molar-refractivity contribution in [3.05, 3.63) is 80.9 Å². The van der Waals surface area contributed by atoms with Gasteiger partial charge in [-0.1, -0.05) is 16.8 Å². The average Bonchev–Trinajstić information content (AvgIpc) is 2.55. The van der Waals surface area contributed by atoms with E-state index >= 15 is 0 Å². The molecule has 3 aromatic rings. The molecule has 0 fully saturated rings. The Morgan fingerprint density at radius 1 is 1.29 bits per heavy atom. The molecule has 0 aliphatic rings. The molecular weight excluding hydrogens is 328 g/mol. The summed E-state index contributed by atoms with van der Waals surface area (Å²) in [5.41, 5.74) is 8.44. The van der Waals surface area contributed by atoms with E-state index in [4.69, 9.17) is 22.2 Å². The molecule has 3 rings (SSSR count). The van der Waals surface area contributed by atoms with E-state index in [-0.39, 0.29) is 18.0 Å². The predicted octanol–water partition coefficient (Wildman–Crippen LogP) is 2.49. The molecule has 2 N–H and O–H groups in total. The fourth-order valence-corrected chi connectivity index (χ4v) is 2.29. The summed E-state index contributed by atoms with van der Waals surface area (Å²) in [6.07, 6.45) is 1.70. The summed E-state index contributed by atoms with van der Waals surface area (Å²) in [4.78, 5) is 21.7. The van der Waals surface area contributed by atoms with Gasteiger partial charge in [0, 0.05) is 22.8 Å². The number of benzene rings is 1. The minimum absolute atomic E-state index is 0.0496. The third-order valence-electron chi connectivity index (χ3n) is 3.39. The molecule has 0 radical (unpaired) electrons. The first-order valence-electron chi connectivity index (χ1n) is 7.23. The Morgan fingerprint density at radius 3 is 2.79 bits per heavy atom. The van der Waals surface area contributed by atoms with E-state index in [9.17, 15) is 4.79 Å². The highest BCUT2D eigenvalue weighted by Gasteiger charge is 2.04. The van der Waals surface area contributed by atoms with Crippen LogP contribution in [0.25, 0.3) is 5.65 Å². The van der Waals surface area contributed by atoms with E-state index in [0.717, 1.165) is 5.56 Å². The van der Waals surface area contributed by atoms with Crippen molar-refractivity contribution < 1.29 is 4.84 Å². The lowest BCUT2D eigenvalue weighted by Gasteiger charge is -2.05. The maximum absolute atomic E-state index is 12.1. The molecule has 0 atom stereocenters. The van der Waals surface area contributed by atoms with Gasteiger partial charge in [-0.2, -0.15) is 0 Å². The van der Waals surface area contributed by atoms with Crippen molar-refractivity contribution in [3.63, 3.8) is 0 Å². The first-order chi connectivity index (χ1) is 11.5. The third-order valence-corrected chi connectivity index (χ3v) is 3.64. The minimum atomic E-state index is -0.173. The van der Waals surface area contributed by atoms with Gasteiger partial charge in [0.1, 0.15) is 5.65 Å². The molecule has 0 amide bonds. The topological polar surface area (TPSA) is 82.0 Å². The van der Waals surface area contributed by atoms with Gasteiger partial charge in [-0.3, -0.25) is 9.20 Å². The van der Waals surface area contributed by atoms with Crippen molar-refractivity contribution in [3.8, 4) is 0 Å². The Labute approximate surface area is 143 Å². The molecule has 0 aliphatic carbocycles. The fourth-order valence-electron chi connectivity index (χ4n) is 2.17. The number of amidine groups is 1. The first kappa shape index (κ1) is 16.0. The Hall–Kier alpha value is -2.86. The molecule has 7 heteroatoms. The van der Waals surface area contributed by atoms with Crippen LogP contribution in [0.1, 0.15) is 16.8 Å². The van der Waals surface area contributed by atoms with Crippen molar-refractivity contribution in [2.24, 2.45) is 10.9 Å². The van der Waals surface area contributed by atoms with Gasteiger partial charge >= 0.3 is 0 Å². The van der Waals surface area contributed by atoms with Gasteiger partial charge in [0.15, 0.2) is 12.4 Å². The number of rotatable bonds is 4. The number of aromatic nitrogens is 2. The number of hydrogen-bond donors (Lipinski definition) is 1. The van der Waals surface area contributed by atoms with Crippen molar-refractivity contribution in [2.75, 3.05) is 0 Å². The molecule has 1 aromatic carbocycles. The zero-order valence-electron chi connectivity index (χ0n) is 12.9. The Bertz CT molecular complexity index is 964. The lowest BCUT2D eigenvalue weighted by molar-refractivity contribution is 0.127. The lowest BCUT2D eigenvalue weighted by atomic mass is 10.2. The number of fused-ring (bicyclic) bond motifs is 1. The highest BCUT2D eigenvalue weighted by Crippen LogP contribution is 2.09. The predicted molar refractivity (Wildman–Crippen MR) is 93.2 cm³/mol. The van der Waals surface area contributed by atoms with Crippen molar-refractivity contribution in [2.45, 2.75) is 13.5 Å². The molecule has 0 aliphatic heterocycles. The van der Waals surface area contributed by atoms with E-state index in [0.29, 0.717) is 21.9 Å². The molecule has 0 bridgehead atoms. The van der Waals surface area contributed by atoms with Gasteiger partial charge in [-0.05, 0) is 48.9 Å². The van der Waals surface area contributed by atoms with Crippen LogP contribution >= 0.6 is 11.6 Å². The number of nitrogens with two attached hydrogens (primary N) is 1. The van der Waals surface area contributed by atoms with Gasteiger partial charge in [-0.25, -0.2) is 4.98 Å². The van der Waals surface area contributed by atoms with Crippen LogP contribution in [0.5, 0.6) is 0 Å². The minimum Gasteiger partial charge on any atom is -0.388 e. The molecule has 0 saturated heterocycles. The Balaban J connectivity index is 1.77. The Kier molecular flexibility index (Phi) is 4.48. The largest absolute Gasteiger partial charge is 0.388 e. The van der Waals surface area contributed by atoms with Gasteiger partial charge in [-0.15, -0.1) is 0 Å². The number of oxime groups is 1. The third kappa shape index (κ3) is 3.55. The van der Waals surface area contributed by atoms with Crippen LogP contribution < -0.4 is 11.3 Å². The van der Waals surface area contributed by atoms with E-state index in [1.807, 2.05) is 19.1 Å². The highest BCUT2D eigenvalue weighted by molar-refractivity contribution is 6.30. The summed E-state index contributed by atoms with van der Waals surface area (Å²) in [5.74, 6) is 0.222. The second-order valence-corrected chi connectivity index (χ2v) is 5.71. The molecule has 24 heavy (non-hydrogen) atoms. The molecule has 0 unspecified atom stereocenters.